The van der Waals surface area contributed by atoms with Gasteiger partial charge in [-0.2, -0.15) is 8.75 Å². The average molecular weight is 234 g/mol. The van der Waals surface area contributed by atoms with Crippen LogP contribution >= 0.6 is 23.3 Å². The van der Waals surface area contributed by atoms with Crippen molar-refractivity contribution in [1.82, 2.24) is 8.75 Å². The van der Waals surface area contributed by atoms with Crippen molar-refractivity contribution in [2.45, 2.75) is 31.4 Å². The molecule has 1 aliphatic rings. The van der Waals surface area contributed by atoms with Gasteiger partial charge in [0.25, 0.3) is 0 Å². The standard InChI is InChI=1S/C8H12ClN3OS/c1-13-6-3-2-5(4-6)10-8-7(9)11-14-12-8/h5-6H,2-4H2,1H3,(H,10,12). The quantitative estimate of drug-likeness (QED) is 0.869. The minimum Gasteiger partial charge on any atom is -0.381 e. The van der Waals surface area contributed by atoms with E-state index in [9.17, 15) is 0 Å². The highest BCUT2D eigenvalue weighted by atomic mass is 35.5. The molecule has 1 aromatic rings. The number of rotatable bonds is 3. The van der Waals surface area contributed by atoms with E-state index in [0.29, 0.717) is 23.1 Å². The summed E-state index contributed by atoms with van der Waals surface area (Å²) in [5.74, 6) is 0.707. The van der Waals surface area contributed by atoms with E-state index in [0.717, 1.165) is 31.0 Å². The number of methoxy groups -OCH3 is 1. The van der Waals surface area contributed by atoms with Gasteiger partial charge in [-0.3, -0.25) is 0 Å². The molecule has 1 saturated carbocycles. The Bertz CT molecular complexity index is 307. The monoisotopic (exact) mass is 233 g/mol. The topological polar surface area (TPSA) is 47.0 Å². The number of nitrogens with one attached hydrogen (secondary N) is 1. The van der Waals surface area contributed by atoms with Crippen LogP contribution in [-0.2, 0) is 4.74 Å². The fourth-order valence-electron chi connectivity index (χ4n) is 1.74. The van der Waals surface area contributed by atoms with E-state index in [1.807, 2.05) is 0 Å². The highest BCUT2D eigenvalue weighted by Gasteiger charge is 2.25. The normalized spacial score (nSPS) is 26.7. The Kier molecular flexibility index (Phi) is 3.20. The first kappa shape index (κ1) is 10.1. The Hall–Kier alpha value is -0.390. The molecule has 4 nitrogen and oxygen atoms in total. The van der Waals surface area contributed by atoms with Crippen molar-refractivity contribution in [2.24, 2.45) is 0 Å². The van der Waals surface area contributed by atoms with Crippen LogP contribution in [0.3, 0.4) is 0 Å². The van der Waals surface area contributed by atoms with Crippen LogP contribution in [0.15, 0.2) is 0 Å². The molecule has 1 aromatic heterocycles. The molecule has 14 heavy (non-hydrogen) atoms. The van der Waals surface area contributed by atoms with Gasteiger partial charge in [-0.1, -0.05) is 11.6 Å². The summed E-state index contributed by atoms with van der Waals surface area (Å²) in [6, 6.07) is 0.418. The summed E-state index contributed by atoms with van der Waals surface area (Å²) in [6.07, 6.45) is 3.60. The number of hydrogen-bond donors (Lipinski definition) is 1. The van der Waals surface area contributed by atoms with Crippen LogP contribution in [-0.4, -0.2) is 28.0 Å². The Morgan fingerprint density at radius 1 is 1.50 bits per heavy atom. The zero-order valence-corrected chi connectivity index (χ0v) is 9.44. The molecule has 2 unspecified atom stereocenters. The predicted molar refractivity (Wildman–Crippen MR) is 57.0 cm³/mol. The lowest BCUT2D eigenvalue weighted by atomic mass is 10.2. The second-order valence-corrected chi connectivity index (χ2v) is 4.30. The lowest BCUT2D eigenvalue weighted by molar-refractivity contribution is 0.108. The molecule has 0 amide bonds. The number of halogens is 1. The summed E-state index contributed by atoms with van der Waals surface area (Å²) in [5.41, 5.74) is 0. The van der Waals surface area contributed by atoms with Crippen molar-refractivity contribution in [3.05, 3.63) is 5.15 Å². The summed E-state index contributed by atoms with van der Waals surface area (Å²) in [4.78, 5) is 0. The van der Waals surface area contributed by atoms with E-state index in [1.165, 1.54) is 0 Å². The van der Waals surface area contributed by atoms with E-state index in [1.54, 1.807) is 7.11 Å². The van der Waals surface area contributed by atoms with Gasteiger partial charge in [0, 0.05) is 13.2 Å². The highest BCUT2D eigenvalue weighted by Crippen LogP contribution is 2.26. The largest absolute Gasteiger partial charge is 0.381 e. The number of aromatic nitrogens is 2. The molecule has 1 aliphatic carbocycles. The van der Waals surface area contributed by atoms with Crippen molar-refractivity contribution >= 4 is 29.1 Å². The molecule has 78 valence electrons. The van der Waals surface area contributed by atoms with Crippen LogP contribution in [0, 0.1) is 0 Å². The van der Waals surface area contributed by atoms with E-state index in [4.69, 9.17) is 16.3 Å². The first-order chi connectivity index (χ1) is 6.79. The van der Waals surface area contributed by atoms with E-state index in [-0.39, 0.29) is 0 Å². The Labute approximate surface area is 91.9 Å². The van der Waals surface area contributed by atoms with Crippen molar-refractivity contribution in [1.29, 1.82) is 0 Å². The first-order valence-electron chi connectivity index (χ1n) is 4.57. The summed E-state index contributed by atoms with van der Waals surface area (Å²) >= 11 is 6.96. The first-order valence-corrected chi connectivity index (χ1v) is 5.68. The molecule has 0 saturated heterocycles. The molecular formula is C8H12ClN3OS. The Balaban J connectivity index is 1.90. The maximum Gasteiger partial charge on any atom is 0.186 e. The van der Waals surface area contributed by atoms with Crippen molar-refractivity contribution < 1.29 is 4.74 Å². The van der Waals surface area contributed by atoms with Crippen LogP contribution in [0.4, 0.5) is 5.82 Å². The summed E-state index contributed by atoms with van der Waals surface area (Å²) in [5, 5.41) is 3.75. The molecule has 1 heterocycles. The molecule has 6 heteroatoms. The predicted octanol–water partition coefficient (Wildman–Crippen LogP) is 2.17. The van der Waals surface area contributed by atoms with E-state index in [2.05, 4.69) is 14.1 Å². The van der Waals surface area contributed by atoms with Crippen LogP contribution < -0.4 is 5.32 Å². The van der Waals surface area contributed by atoms with Crippen LogP contribution in [0.1, 0.15) is 19.3 Å². The molecule has 1 fully saturated rings. The summed E-state index contributed by atoms with van der Waals surface area (Å²) < 4.78 is 13.3. The molecule has 0 aromatic carbocycles. The van der Waals surface area contributed by atoms with Gasteiger partial charge >= 0.3 is 0 Å². The van der Waals surface area contributed by atoms with Gasteiger partial charge in [0.05, 0.1) is 17.8 Å². The molecule has 0 radical (unpaired) electrons. The molecule has 0 bridgehead atoms. The number of hydrogen-bond acceptors (Lipinski definition) is 5. The third kappa shape index (κ3) is 2.16. The smallest absolute Gasteiger partial charge is 0.186 e. The minimum absolute atomic E-state index is 0.373. The number of ether oxygens (including phenoxy) is 1. The van der Waals surface area contributed by atoms with Gasteiger partial charge in [0.2, 0.25) is 0 Å². The second kappa shape index (κ2) is 4.42. The van der Waals surface area contributed by atoms with Gasteiger partial charge in [-0.15, -0.1) is 0 Å². The zero-order chi connectivity index (χ0) is 9.97. The summed E-state index contributed by atoms with van der Waals surface area (Å²) in [6.45, 7) is 0. The van der Waals surface area contributed by atoms with Crippen LogP contribution in [0.5, 0.6) is 0 Å². The van der Waals surface area contributed by atoms with Gasteiger partial charge < -0.3 is 10.1 Å². The van der Waals surface area contributed by atoms with Gasteiger partial charge in [0.1, 0.15) is 0 Å². The molecule has 0 aliphatic heterocycles. The lowest BCUT2D eigenvalue weighted by Gasteiger charge is -2.11. The van der Waals surface area contributed by atoms with E-state index >= 15 is 0 Å². The lowest BCUT2D eigenvalue weighted by Crippen LogP contribution is -2.17. The molecule has 2 atom stereocenters. The number of nitrogens with zero attached hydrogens (tertiary/aromatic N) is 2. The van der Waals surface area contributed by atoms with Crippen LogP contribution in [0.2, 0.25) is 5.15 Å². The molecular weight excluding hydrogens is 222 g/mol. The Morgan fingerprint density at radius 2 is 2.36 bits per heavy atom. The SMILES string of the molecule is COC1CCC(Nc2nsnc2Cl)C1. The van der Waals surface area contributed by atoms with Gasteiger partial charge in [0.15, 0.2) is 11.0 Å². The Morgan fingerprint density at radius 3 is 2.93 bits per heavy atom. The van der Waals surface area contributed by atoms with Crippen molar-refractivity contribution in [3.63, 3.8) is 0 Å². The fraction of sp³-hybridized carbons (Fsp3) is 0.750. The minimum atomic E-state index is 0.373. The maximum absolute atomic E-state index is 5.83. The highest BCUT2D eigenvalue weighted by molar-refractivity contribution is 6.99. The third-order valence-corrected chi connectivity index (χ3v) is 3.40. The number of anilines is 1. The van der Waals surface area contributed by atoms with Gasteiger partial charge in [-0.25, -0.2) is 0 Å². The molecule has 2 rings (SSSR count). The fourth-order valence-corrected chi connectivity index (χ4v) is 2.40. The van der Waals surface area contributed by atoms with Crippen LogP contribution in [0.25, 0.3) is 0 Å². The zero-order valence-electron chi connectivity index (χ0n) is 7.86. The maximum atomic E-state index is 5.83. The second-order valence-electron chi connectivity index (χ2n) is 3.42. The third-order valence-electron chi connectivity index (χ3n) is 2.51. The summed E-state index contributed by atoms with van der Waals surface area (Å²) in [7, 11) is 1.75. The van der Waals surface area contributed by atoms with Gasteiger partial charge in [-0.05, 0) is 19.3 Å². The van der Waals surface area contributed by atoms with Crippen molar-refractivity contribution in [2.75, 3.05) is 12.4 Å². The molecule has 0 spiro atoms. The molecule has 1 N–H and O–H groups in total. The van der Waals surface area contributed by atoms with Crippen molar-refractivity contribution in [3.8, 4) is 0 Å². The van der Waals surface area contributed by atoms with E-state index < -0.39 is 0 Å². The average Bonchev–Trinajstić information content (AvgIpc) is 2.77.